The first kappa shape index (κ1) is 18.0. The zero-order valence-corrected chi connectivity index (χ0v) is 14.9. The maximum atomic E-state index is 12.1. The van der Waals surface area contributed by atoms with Crippen molar-refractivity contribution in [1.82, 2.24) is 15.1 Å². The Balaban J connectivity index is 2.78. The molecule has 0 aliphatic carbocycles. The molecule has 0 radical (unpaired) electrons. The molecule has 2 unspecified atom stereocenters. The molecule has 0 fully saturated rings. The monoisotopic (exact) mass is 313 g/mol. The fraction of sp³-hybridized carbons (Fsp3) is 0.733. The Bertz CT molecular complexity index is 487. The molecule has 2 atom stereocenters. The number of methoxy groups -OCH3 is 1. The number of esters is 1. The number of rotatable bonds is 7. The third-order valence-corrected chi connectivity index (χ3v) is 4.41. The molecular weight excluding hydrogens is 286 g/mol. The highest BCUT2D eigenvalue weighted by Gasteiger charge is 2.36. The van der Waals surface area contributed by atoms with Crippen molar-refractivity contribution in [2.45, 2.75) is 62.9 Å². The normalized spacial score (nSPS) is 15.8. The van der Waals surface area contributed by atoms with E-state index in [0.29, 0.717) is 6.42 Å². The Hall–Kier alpha value is -1.01. The highest BCUT2D eigenvalue weighted by atomic mass is 32.2. The van der Waals surface area contributed by atoms with Gasteiger partial charge in [0.1, 0.15) is 5.54 Å². The van der Waals surface area contributed by atoms with Crippen LogP contribution in [0.3, 0.4) is 0 Å². The van der Waals surface area contributed by atoms with E-state index in [4.69, 9.17) is 4.74 Å². The van der Waals surface area contributed by atoms with Gasteiger partial charge in [0.25, 0.3) is 0 Å². The van der Waals surface area contributed by atoms with E-state index in [0.717, 1.165) is 10.7 Å². The largest absolute Gasteiger partial charge is 0.468 e. The van der Waals surface area contributed by atoms with Crippen molar-refractivity contribution in [2.24, 2.45) is 7.05 Å². The van der Waals surface area contributed by atoms with Crippen LogP contribution >= 0.6 is 11.8 Å². The van der Waals surface area contributed by atoms with E-state index in [9.17, 15) is 4.79 Å². The molecule has 1 rings (SSSR count). The zero-order valence-electron chi connectivity index (χ0n) is 14.1. The highest BCUT2D eigenvalue weighted by molar-refractivity contribution is 7.99. The second-order valence-corrected chi connectivity index (χ2v) is 7.46. The first-order valence-electron chi connectivity index (χ1n) is 7.21. The lowest BCUT2D eigenvalue weighted by Gasteiger charge is -2.32. The predicted octanol–water partition coefficient (Wildman–Crippen LogP) is 2.53. The summed E-state index contributed by atoms with van der Waals surface area (Å²) in [5, 5.41) is 9.05. The van der Waals surface area contributed by atoms with Crippen LogP contribution in [0.25, 0.3) is 0 Å². The third kappa shape index (κ3) is 5.04. The Kier molecular flexibility index (Phi) is 6.28. The van der Waals surface area contributed by atoms with Crippen LogP contribution in [0.2, 0.25) is 0 Å². The van der Waals surface area contributed by atoms with Crippen LogP contribution in [0.1, 0.15) is 39.8 Å². The second kappa shape index (κ2) is 7.31. The van der Waals surface area contributed by atoms with E-state index in [1.807, 2.05) is 39.4 Å². The van der Waals surface area contributed by atoms with Gasteiger partial charge in [-0.05, 0) is 40.2 Å². The molecule has 0 amide bonds. The number of nitrogens with one attached hydrogen (secondary N) is 1. The second-order valence-electron chi connectivity index (χ2n) is 6.00. The topological polar surface area (TPSA) is 56.1 Å². The van der Waals surface area contributed by atoms with Gasteiger partial charge < -0.3 is 4.74 Å². The molecule has 6 heteroatoms. The zero-order chi connectivity index (χ0) is 16.2. The number of hydrogen-bond donors (Lipinski definition) is 1. The van der Waals surface area contributed by atoms with Crippen molar-refractivity contribution >= 4 is 17.7 Å². The summed E-state index contributed by atoms with van der Waals surface area (Å²) < 4.78 is 6.84. The summed E-state index contributed by atoms with van der Waals surface area (Å²) in [6.07, 6.45) is 0.687. The summed E-state index contributed by atoms with van der Waals surface area (Å²) in [6.45, 7) is 10.1. The van der Waals surface area contributed by atoms with Crippen molar-refractivity contribution in [3.05, 3.63) is 11.8 Å². The van der Waals surface area contributed by atoms with Crippen molar-refractivity contribution in [3.8, 4) is 0 Å². The van der Waals surface area contributed by atoms with Gasteiger partial charge in [-0.2, -0.15) is 5.10 Å². The number of aromatic nitrogens is 2. The predicted molar refractivity (Wildman–Crippen MR) is 86.6 cm³/mol. The van der Waals surface area contributed by atoms with Crippen LogP contribution in [0.15, 0.2) is 11.1 Å². The molecule has 0 aliphatic heterocycles. The van der Waals surface area contributed by atoms with E-state index in [1.54, 1.807) is 11.8 Å². The van der Waals surface area contributed by atoms with Crippen LogP contribution in [0, 0.1) is 6.92 Å². The minimum Gasteiger partial charge on any atom is -0.468 e. The first-order valence-corrected chi connectivity index (χ1v) is 8.09. The van der Waals surface area contributed by atoms with Crippen LogP contribution < -0.4 is 5.32 Å². The molecule has 0 bridgehead atoms. The molecule has 1 N–H and O–H groups in total. The number of thioether (sulfide) groups is 1. The summed E-state index contributed by atoms with van der Waals surface area (Å²) >= 11 is 1.73. The van der Waals surface area contributed by atoms with Gasteiger partial charge in [-0.1, -0.05) is 6.92 Å². The summed E-state index contributed by atoms with van der Waals surface area (Å²) in [7, 11) is 3.37. The van der Waals surface area contributed by atoms with Crippen molar-refractivity contribution in [1.29, 1.82) is 0 Å². The number of carbonyl (C=O) groups excluding carboxylic acids is 1. The molecule has 0 aliphatic rings. The molecule has 1 aromatic heterocycles. The number of nitrogens with zero attached hydrogens (tertiary/aromatic N) is 2. The van der Waals surface area contributed by atoms with Gasteiger partial charge in [0.2, 0.25) is 0 Å². The van der Waals surface area contributed by atoms with Gasteiger partial charge in [0.05, 0.1) is 17.8 Å². The van der Waals surface area contributed by atoms with Gasteiger partial charge in [-0.25, -0.2) is 0 Å². The van der Waals surface area contributed by atoms with E-state index in [-0.39, 0.29) is 17.3 Å². The van der Waals surface area contributed by atoms with Gasteiger partial charge in [-0.15, -0.1) is 11.8 Å². The number of carbonyl (C=O) groups is 1. The van der Waals surface area contributed by atoms with Gasteiger partial charge in [-0.3, -0.25) is 14.8 Å². The average Bonchev–Trinajstić information content (AvgIpc) is 2.65. The lowest BCUT2D eigenvalue weighted by atomic mass is 9.95. The van der Waals surface area contributed by atoms with Crippen LogP contribution in [0.4, 0.5) is 0 Å². The SMILES string of the molecule is COC(=O)C(C)(CC(C)Sc1cc(C)nn1C)NC(C)C. The fourth-order valence-corrected chi connectivity index (χ4v) is 3.84. The van der Waals surface area contributed by atoms with Gasteiger partial charge in [0, 0.05) is 18.3 Å². The molecule has 0 saturated heterocycles. The molecule has 0 spiro atoms. The lowest BCUT2D eigenvalue weighted by molar-refractivity contribution is -0.148. The van der Waals surface area contributed by atoms with Gasteiger partial charge >= 0.3 is 5.97 Å². The molecule has 0 aromatic carbocycles. The number of aryl methyl sites for hydroxylation is 2. The maximum Gasteiger partial charge on any atom is 0.325 e. The Morgan fingerprint density at radius 3 is 2.57 bits per heavy atom. The van der Waals surface area contributed by atoms with E-state index in [1.165, 1.54) is 7.11 Å². The summed E-state index contributed by atoms with van der Waals surface area (Å²) in [5.41, 5.74) is 0.325. The molecule has 1 aromatic rings. The first-order chi connectivity index (χ1) is 9.67. The van der Waals surface area contributed by atoms with Crippen LogP contribution in [0.5, 0.6) is 0 Å². The smallest absolute Gasteiger partial charge is 0.325 e. The Morgan fingerprint density at radius 1 is 1.52 bits per heavy atom. The molecule has 21 heavy (non-hydrogen) atoms. The minimum atomic E-state index is -0.678. The van der Waals surface area contributed by atoms with E-state index >= 15 is 0 Å². The molecular formula is C15H27N3O2S. The Labute approximate surface area is 131 Å². The van der Waals surface area contributed by atoms with Crippen molar-refractivity contribution < 1.29 is 9.53 Å². The fourth-order valence-electron chi connectivity index (χ4n) is 2.58. The molecule has 1 heterocycles. The lowest BCUT2D eigenvalue weighted by Crippen LogP contribution is -2.54. The summed E-state index contributed by atoms with van der Waals surface area (Å²) in [6, 6.07) is 2.28. The summed E-state index contributed by atoms with van der Waals surface area (Å²) in [5.74, 6) is -0.218. The molecule has 5 nitrogen and oxygen atoms in total. The standard InChI is InChI=1S/C15H27N3O2S/c1-10(2)16-15(5,14(19)20-7)9-12(4)21-13-8-11(3)17-18(13)6/h8,10,12,16H,9H2,1-7H3. The minimum absolute atomic E-state index is 0.213. The maximum absolute atomic E-state index is 12.1. The molecule has 120 valence electrons. The van der Waals surface area contributed by atoms with Crippen LogP contribution in [-0.2, 0) is 16.6 Å². The van der Waals surface area contributed by atoms with E-state index in [2.05, 4.69) is 23.4 Å². The summed E-state index contributed by atoms with van der Waals surface area (Å²) in [4.78, 5) is 12.1. The quantitative estimate of drug-likeness (QED) is 0.619. The molecule has 0 saturated carbocycles. The number of ether oxygens (including phenoxy) is 1. The van der Waals surface area contributed by atoms with Crippen molar-refractivity contribution in [3.63, 3.8) is 0 Å². The van der Waals surface area contributed by atoms with Crippen LogP contribution in [-0.4, -0.2) is 39.7 Å². The van der Waals surface area contributed by atoms with Crippen molar-refractivity contribution in [2.75, 3.05) is 7.11 Å². The number of hydrogen-bond acceptors (Lipinski definition) is 5. The Morgan fingerprint density at radius 2 is 2.14 bits per heavy atom. The highest BCUT2D eigenvalue weighted by Crippen LogP contribution is 2.29. The van der Waals surface area contributed by atoms with Gasteiger partial charge in [0.15, 0.2) is 0 Å². The van der Waals surface area contributed by atoms with E-state index < -0.39 is 5.54 Å². The average molecular weight is 313 g/mol. The third-order valence-electron chi connectivity index (χ3n) is 3.22.